The van der Waals surface area contributed by atoms with E-state index < -0.39 is 0 Å². The Morgan fingerprint density at radius 1 is 1.13 bits per heavy atom. The molecule has 0 spiro atoms. The van der Waals surface area contributed by atoms with Gasteiger partial charge in [-0.3, -0.25) is 5.43 Å². The van der Waals surface area contributed by atoms with Crippen LogP contribution in [0.15, 0.2) is 59.7 Å². The highest BCUT2D eigenvalue weighted by Crippen LogP contribution is 2.22. The fraction of sp³-hybridized carbons (Fsp3) is 0.217. The number of nitrogens with one attached hydrogen (secondary N) is 2. The SMILES string of the molecule is CCNC(=S)N/N=C\c1cc(C)n(-c2ccc(OCc3ccc(Cl)cc3)cc2)c1C. The Kier molecular flexibility index (Phi) is 7.49. The summed E-state index contributed by atoms with van der Waals surface area (Å²) in [6, 6.07) is 17.8. The second-order valence-corrected chi connectivity index (χ2v) is 7.65. The number of hydrazone groups is 1. The molecule has 0 radical (unpaired) electrons. The molecule has 3 rings (SSSR count). The van der Waals surface area contributed by atoms with Gasteiger partial charge in [-0.2, -0.15) is 5.10 Å². The summed E-state index contributed by atoms with van der Waals surface area (Å²) in [7, 11) is 0. The molecule has 0 bridgehead atoms. The Balaban J connectivity index is 1.68. The molecule has 0 fully saturated rings. The first-order chi connectivity index (χ1) is 14.5. The van der Waals surface area contributed by atoms with Crippen LogP contribution in [0.1, 0.15) is 29.4 Å². The predicted molar refractivity (Wildman–Crippen MR) is 128 cm³/mol. The van der Waals surface area contributed by atoms with Gasteiger partial charge in [-0.1, -0.05) is 23.7 Å². The molecule has 2 aromatic carbocycles. The monoisotopic (exact) mass is 440 g/mol. The van der Waals surface area contributed by atoms with Gasteiger partial charge < -0.3 is 14.6 Å². The molecule has 7 heteroatoms. The summed E-state index contributed by atoms with van der Waals surface area (Å²) in [5.74, 6) is 0.819. The molecule has 1 heterocycles. The smallest absolute Gasteiger partial charge is 0.186 e. The molecule has 0 aliphatic carbocycles. The van der Waals surface area contributed by atoms with Crippen LogP contribution in [-0.2, 0) is 6.61 Å². The molecule has 0 saturated heterocycles. The van der Waals surface area contributed by atoms with Crippen LogP contribution >= 0.6 is 23.8 Å². The van der Waals surface area contributed by atoms with E-state index in [-0.39, 0.29) is 0 Å². The fourth-order valence-corrected chi connectivity index (χ4v) is 3.44. The Morgan fingerprint density at radius 3 is 2.50 bits per heavy atom. The van der Waals surface area contributed by atoms with Gasteiger partial charge in [-0.25, -0.2) is 0 Å². The van der Waals surface area contributed by atoms with E-state index in [4.69, 9.17) is 28.6 Å². The topological polar surface area (TPSA) is 50.6 Å². The zero-order valence-corrected chi connectivity index (χ0v) is 18.8. The third-order valence-corrected chi connectivity index (χ3v) is 5.08. The number of benzene rings is 2. The van der Waals surface area contributed by atoms with E-state index in [2.05, 4.69) is 52.5 Å². The zero-order valence-electron chi connectivity index (χ0n) is 17.3. The van der Waals surface area contributed by atoms with E-state index in [0.717, 1.165) is 45.5 Å². The normalized spacial score (nSPS) is 10.9. The highest BCUT2D eigenvalue weighted by Gasteiger charge is 2.10. The zero-order chi connectivity index (χ0) is 21.5. The number of aromatic nitrogens is 1. The summed E-state index contributed by atoms with van der Waals surface area (Å²) in [6.07, 6.45) is 1.78. The average Bonchev–Trinajstić information content (AvgIpc) is 3.01. The first kappa shape index (κ1) is 21.9. The lowest BCUT2D eigenvalue weighted by Gasteiger charge is -2.11. The number of nitrogens with zero attached hydrogens (tertiary/aromatic N) is 2. The predicted octanol–water partition coefficient (Wildman–Crippen LogP) is 5.14. The summed E-state index contributed by atoms with van der Waals surface area (Å²) in [5.41, 5.74) is 8.22. The molecule has 0 atom stereocenters. The Morgan fingerprint density at radius 2 is 1.83 bits per heavy atom. The van der Waals surface area contributed by atoms with Gasteiger partial charge >= 0.3 is 0 Å². The first-order valence-electron chi connectivity index (χ1n) is 9.71. The molecule has 0 amide bonds. The molecular weight excluding hydrogens is 416 g/mol. The minimum Gasteiger partial charge on any atom is -0.489 e. The summed E-state index contributed by atoms with van der Waals surface area (Å²) >= 11 is 11.0. The Bertz CT molecular complexity index is 1030. The first-order valence-corrected chi connectivity index (χ1v) is 10.5. The van der Waals surface area contributed by atoms with E-state index in [1.54, 1.807) is 6.21 Å². The van der Waals surface area contributed by atoms with Crippen LogP contribution in [0.4, 0.5) is 0 Å². The molecule has 0 aliphatic rings. The van der Waals surface area contributed by atoms with Crippen LogP contribution in [-0.4, -0.2) is 22.4 Å². The molecule has 156 valence electrons. The van der Waals surface area contributed by atoms with Crippen molar-refractivity contribution < 1.29 is 4.74 Å². The maximum absolute atomic E-state index is 5.92. The van der Waals surface area contributed by atoms with Crippen molar-refractivity contribution in [1.29, 1.82) is 0 Å². The maximum Gasteiger partial charge on any atom is 0.186 e. The van der Waals surface area contributed by atoms with E-state index in [9.17, 15) is 0 Å². The molecule has 30 heavy (non-hydrogen) atoms. The molecular formula is C23H25ClN4OS. The molecule has 3 aromatic rings. The third-order valence-electron chi connectivity index (χ3n) is 4.59. The van der Waals surface area contributed by atoms with Gasteiger partial charge in [-0.05, 0) is 81.0 Å². The van der Waals surface area contributed by atoms with Crippen molar-refractivity contribution in [3.8, 4) is 11.4 Å². The van der Waals surface area contributed by atoms with Crippen molar-refractivity contribution in [2.24, 2.45) is 5.10 Å². The van der Waals surface area contributed by atoms with Crippen molar-refractivity contribution >= 4 is 35.1 Å². The van der Waals surface area contributed by atoms with Crippen molar-refractivity contribution in [2.75, 3.05) is 6.54 Å². The van der Waals surface area contributed by atoms with Gasteiger partial charge in [0.1, 0.15) is 12.4 Å². The summed E-state index contributed by atoms with van der Waals surface area (Å²) in [4.78, 5) is 0. The largest absolute Gasteiger partial charge is 0.489 e. The van der Waals surface area contributed by atoms with E-state index in [1.807, 2.05) is 43.3 Å². The lowest BCUT2D eigenvalue weighted by Crippen LogP contribution is -2.31. The molecule has 1 aromatic heterocycles. The highest BCUT2D eigenvalue weighted by molar-refractivity contribution is 7.80. The van der Waals surface area contributed by atoms with Crippen molar-refractivity contribution in [2.45, 2.75) is 27.4 Å². The number of hydrogen-bond donors (Lipinski definition) is 2. The second kappa shape index (κ2) is 10.3. The minimum absolute atomic E-state index is 0.500. The van der Waals surface area contributed by atoms with E-state index in [0.29, 0.717) is 11.7 Å². The number of aryl methyl sites for hydroxylation is 1. The lowest BCUT2D eigenvalue weighted by atomic mass is 10.2. The van der Waals surface area contributed by atoms with Crippen LogP contribution in [0.3, 0.4) is 0 Å². The van der Waals surface area contributed by atoms with Crippen molar-refractivity contribution in [3.05, 3.63) is 82.1 Å². The number of rotatable bonds is 7. The van der Waals surface area contributed by atoms with Gasteiger partial charge in [0.2, 0.25) is 0 Å². The van der Waals surface area contributed by atoms with E-state index in [1.165, 1.54) is 0 Å². The third kappa shape index (κ3) is 5.62. The van der Waals surface area contributed by atoms with Crippen molar-refractivity contribution in [1.82, 2.24) is 15.3 Å². The molecule has 0 aliphatic heterocycles. The Hall–Kier alpha value is -2.83. The Labute approximate surface area is 187 Å². The lowest BCUT2D eigenvalue weighted by molar-refractivity contribution is 0.306. The summed E-state index contributed by atoms with van der Waals surface area (Å²) < 4.78 is 8.07. The van der Waals surface area contributed by atoms with Gasteiger partial charge in [0.05, 0.1) is 6.21 Å². The quantitative estimate of drug-likeness (QED) is 0.303. The number of thiocarbonyl (C=S) groups is 1. The number of ether oxygens (including phenoxy) is 1. The summed E-state index contributed by atoms with van der Waals surface area (Å²) in [5, 5.41) is 8.46. The van der Waals surface area contributed by atoms with Gasteiger partial charge in [-0.15, -0.1) is 0 Å². The maximum atomic E-state index is 5.92. The van der Waals surface area contributed by atoms with Crippen LogP contribution in [0.25, 0.3) is 5.69 Å². The average molecular weight is 441 g/mol. The number of hydrogen-bond acceptors (Lipinski definition) is 3. The van der Waals surface area contributed by atoms with Gasteiger partial charge in [0.25, 0.3) is 0 Å². The highest BCUT2D eigenvalue weighted by atomic mass is 35.5. The minimum atomic E-state index is 0.500. The van der Waals surface area contributed by atoms with Crippen molar-refractivity contribution in [3.63, 3.8) is 0 Å². The molecule has 2 N–H and O–H groups in total. The van der Waals surface area contributed by atoms with Crippen LogP contribution in [0.5, 0.6) is 5.75 Å². The summed E-state index contributed by atoms with van der Waals surface area (Å²) in [6.45, 7) is 7.39. The molecule has 0 unspecified atom stereocenters. The fourth-order valence-electron chi connectivity index (χ4n) is 3.11. The van der Waals surface area contributed by atoms with Crippen LogP contribution in [0.2, 0.25) is 5.02 Å². The number of halogens is 1. The molecule has 5 nitrogen and oxygen atoms in total. The molecule has 0 saturated carbocycles. The van der Waals surface area contributed by atoms with Gasteiger partial charge in [0, 0.05) is 34.2 Å². The van der Waals surface area contributed by atoms with Crippen LogP contribution < -0.4 is 15.5 Å². The standard InChI is InChI=1S/C23H25ClN4OS/c1-4-25-23(30)27-26-14-19-13-16(2)28(17(19)3)21-9-11-22(12-10-21)29-15-18-5-7-20(24)8-6-18/h5-14H,4,15H2,1-3H3,(H2,25,27,30)/b26-14-. The van der Waals surface area contributed by atoms with E-state index >= 15 is 0 Å². The second-order valence-electron chi connectivity index (χ2n) is 6.80. The van der Waals surface area contributed by atoms with Crippen LogP contribution in [0, 0.1) is 13.8 Å². The van der Waals surface area contributed by atoms with Gasteiger partial charge in [0.15, 0.2) is 5.11 Å².